The van der Waals surface area contributed by atoms with Gasteiger partial charge >= 0.3 is 0 Å². The minimum absolute atomic E-state index is 0.0588. The second-order valence-corrected chi connectivity index (χ2v) is 6.69. The number of carbonyl (C=O) groups excluding carboxylic acids is 2. The first-order valence-electron chi connectivity index (χ1n) is 7.47. The molecule has 0 fully saturated rings. The predicted molar refractivity (Wildman–Crippen MR) is 88.1 cm³/mol. The average molecular weight is 361 g/mol. The van der Waals surface area contributed by atoms with Gasteiger partial charge in [-0.25, -0.2) is 8.78 Å². The molecule has 0 saturated heterocycles. The van der Waals surface area contributed by atoms with E-state index in [9.17, 15) is 23.6 Å². The van der Waals surface area contributed by atoms with E-state index >= 15 is 0 Å². The van der Waals surface area contributed by atoms with Crippen LogP contribution in [0.4, 0.5) is 13.8 Å². The van der Waals surface area contributed by atoms with E-state index in [-0.39, 0.29) is 11.5 Å². The average Bonchev–Trinajstić information content (AvgIpc) is 2.90. The van der Waals surface area contributed by atoms with E-state index in [1.54, 1.807) is 4.90 Å². The maximum atomic E-state index is 13.7. The van der Waals surface area contributed by atoms with Gasteiger partial charge in [0.15, 0.2) is 0 Å². The van der Waals surface area contributed by atoms with Crippen molar-refractivity contribution < 1.29 is 18.4 Å². The van der Waals surface area contributed by atoms with Crippen molar-refractivity contribution >= 4 is 28.2 Å². The summed E-state index contributed by atoms with van der Waals surface area (Å²) in [6, 6.07) is 4.74. The summed E-state index contributed by atoms with van der Waals surface area (Å²) in [7, 11) is 0. The molecule has 1 aliphatic heterocycles. The first kappa shape index (κ1) is 17.0. The number of carbonyl (C=O) groups is 2. The van der Waals surface area contributed by atoms with E-state index in [2.05, 4.69) is 11.4 Å². The van der Waals surface area contributed by atoms with Crippen LogP contribution in [0.25, 0.3) is 0 Å². The Balaban J connectivity index is 1.90. The zero-order chi connectivity index (χ0) is 18.1. The van der Waals surface area contributed by atoms with Gasteiger partial charge in [0, 0.05) is 24.4 Å². The highest BCUT2D eigenvalue weighted by Gasteiger charge is 2.26. The van der Waals surface area contributed by atoms with E-state index in [0.717, 1.165) is 22.6 Å². The van der Waals surface area contributed by atoms with Gasteiger partial charge in [-0.3, -0.25) is 9.59 Å². The number of thiophene rings is 1. The molecule has 128 valence electrons. The summed E-state index contributed by atoms with van der Waals surface area (Å²) in [5, 5.41) is 12.3. The zero-order valence-electron chi connectivity index (χ0n) is 13.2. The lowest BCUT2D eigenvalue weighted by Gasteiger charge is -2.25. The fourth-order valence-corrected chi connectivity index (χ4v) is 3.93. The Morgan fingerprint density at radius 3 is 2.76 bits per heavy atom. The lowest BCUT2D eigenvalue weighted by Crippen LogP contribution is -2.33. The number of fused-ring (bicyclic) bond motifs is 1. The van der Waals surface area contributed by atoms with E-state index in [0.29, 0.717) is 36.1 Å². The lowest BCUT2D eigenvalue weighted by atomic mass is 10.0. The number of halogens is 2. The Labute approximate surface area is 146 Å². The second-order valence-electron chi connectivity index (χ2n) is 5.59. The molecule has 5 nitrogen and oxygen atoms in total. The van der Waals surface area contributed by atoms with Gasteiger partial charge < -0.3 is 10.2 Å². The molecule has 3 rings (SSSR count). The first-order valence-corrected chi connectivity index (χ1v) is 8.29. The molecule has 0 saturated carbocycles. The largest absolute Gasteiger partial charge is 0.337 e. The highest BCUT2D eigenvalue weighted by molar-refractivity contribution is 7.16. The Kier molecular flexibility index (Phi) is 4.51. The van der Waals surface area contributed by atoms with Crippen molar-refractivity contribution in [2.24, 2.45) is 0 Å². The van der Waals surface area contributed by atoms with Crippen LogP contribution in [0.2, 0.25) is 0 Å². The van der Waals surface area contributed by atoms with Crippen LogP contribution in [0.15, 0.2) is 18.2 Å². The summed E-state index contributed by atoms with van der Waals surface area (Å²) in [6.07, 6.45) is 0.523. The van der Waals surface area contributed by atoms with Crippen LogP contribution in [0, 0.1) is 23.0 Å². The number of nitriles is 1. The summed E-state index contributed by atoms with van der Waals surface area (Å²) < 4.78 is 26.7. The van der Waals surface area contributed by atoms with Crippen LogP contribution < -0.4 is 5.32 Å². The number of rotatable bonds is 2. The van der Waals surface area contributed by atoms with Crippen LogP contribution in [-0.4, -0.2) is 23.3 Å². The van der Waals surface area contributed by atoms with Crippen LogP contribution >= 0.6 is 11.3 Å². The SMILES string of the molecule is CC(=O)N1CCc2c(sc(NC(=O)c3ccc(F)cc3F)c2C#N)C1. The van der Waals surface area contributed by atoms with Gasteiger partial charge in [-0.1, -0.05) is 0 Å². The topological polar surface area (TPSA) is 73.2 Å². The summed E-state index contributed by atoms with van der Waals surface area (Å²) in [4.78, 5) is 26.3. The van der Waals surface area contributed by atoms with Gasteiger partial charge in [0.2, 0.25) is 5.91 Å². The molecule has 0 unspecified atom stereocenters. The standard InChI is InChI=1S/C17H13F2N3O2S/c1-9(23)22-5-4-11-13(7-20)17(25-15(11)8-22)21-16(24)12-3-2-10(18)6-14(12)19/h2-3,6H,4-5,8H2,1H3,(H,21,24). The number of hydrogen-bond donors (Lipinski definition) is 1. The number of amides is 2. The van der Waals surface area contributed by atoms with Gasteiger partial charge in [-0.15, -0.1) is 11.3 Å². The van der Waals surface area contributed by atoms with E-state index < -0.39 is 17.5 Å². The second kappa shape index (κ2) is 6.61. The fourth-order valence-electron chi connectivity index (χ4n) is 2.72. The normalized spacial score (nSPS) is 13.1. The van der Waals surface area contributed by atoms with Crippen molar-refractivity contribution in [2.75, 3.05) is 11.9 Å². The van der Waals surface area contributed by atoms with Gasteiger partial charge in [0.25, 0.3) is 5.91 Å². The Hall–Kier alpha value is -2.79. The number of nitrogens with one attached hydrogen (secondary N) is 1. The summed E-state index contributed by atoms with van der Waals surface area (Å²) >= 11 is 1.19. The minimum Gasteiger partial charge on any atom is -0.337 e. The molecule has 8 heteroatoms. The van der Waals surface area contributed by atoms with Crippen LogP contribution in [0.3, 0.4) is 0 Å². The third kappa shape index (κ3) is 3.23. The molecule has 0 bridgehead atoms. The molecule has 1 N–H and O–H groups in total. The molecule has 0 atom stereocenters. The van der Waals surface area contributed by atoms with Crippen molar-refractivity contribution in [1.82, 2.24) is 4.90 Å². The van der Waals surface area contributed by atoms with Crippen LogP contribution in [0.1, 0.15) is 33.3 Å². The number of nitrogens with zero attached hydrogens (tertiary/aromatic N) is 2. The molecular formula is C17H13F2N3O2S. The van der Waals surface area contributed by atoms with E-state index in [4.69, 9.17) is 0 Å². The Morgan fingerprint density at radius 2 is 2.12 bits per heavy atom. The number of anilines is 1. The highest BCUT2D eigenvalue weighted by atomic mass is 32.1. The number of hydrogen-bond acceptors (Lipinski definition) is 4. The lowest BCUT2D eigenvalue weighted by molar-refractivity contribution is -0.129. The van der Waals surface area contributed by atoms with Gasteiger partial charge in [-0.05, 0) is 24.1 Å². The van der Waals surface area contributed by atoms with Crippen molar-refractivity contribution in [3.05, 3.63) is 51.4 Å². The molecular weight excluding hydrogens is 348 g/mol. The van der Waals surface area contributed by atoms with Crippen molar-refractivity contribution in [2.45, 2.75) is 19.9 Å². The first-order chi connectivity index (χ1) is 11.9. The van der Waals surface area contributed by atoms with Crippen molar-refractivity contribution in [3.63, 3.8) is 0 Å². The van der Waals surface area contributed by atoms with Crippen LogP contribution in [-0.2, 0) is 17.8 Å². The van der Waals surface area contributed by atoms with Crippen LogP contribution in [0.5, 0.6) is 0 Å². The van der Waals surface area contributed by atoms with E-state index in [1.165, 1.54) is 18.3 Å². The summed E-state index contributed by atoms with van der Waals surface area (Å²) in [5.74, 6) is -2.56. The van der Waals surface area contributed by atoms with Crippen molar-refractivity contribution in [3.8, 4) is 6.07 Å². The number of benzene rings is 1. The maximum Gasteiger partial charge on any atom is 0.259 e. The smallest absolute Gasteiger partial charge is 0.259 e. The molecule has 1 aromatic carbocycles. The quantitative estimate of drug-likeness (QED) is 0.893. The molecule has 0 radical (unpaired) electrons. The van der Waals surface area contributed by atoms with Gasteiger partial charge in [0.1, 0.15) is 22.7 Å². The molecule has 1 aliphatic rings. The Bertz CT molecular complexity index is 917. The maximum absolute atomic E-state index is 13.7. The highest BCUT2D eigenvalue weighted by Crippen LogP contribution is 2.37. The molecule has 2 heterocycles. The zero-order valence-corrected chi connectivity index (χ0v) is 14.0. The van der Waals surface area contributed by atoms with Gasteiger partial charge in [0.05, 0.1) is 17.7 Å². The third-order valence-corrected chi connectivity index (χ3v) is 5.15. The molecule has 2 amide bonds. The molecule has 0 aliphatic carbocycles. The van der Waals surface area contributed by atoms with Crippen molar-refractivity contribution in [1.29, 1.82) is 5.26 Å². The predicted octanol–water partition coefficient (Wildman–Crippen LogP) is 3.05. The Morgan fingerprint density at radius 1 is 1.36 bits per heavy atom. The summed E-state index contributed by atoms with van der Waals surface area (Å²) in [6.45, 7) is 2.36. The van der Waals surface area contributed by atoms with Gasteiger partial charge in [-0.2, -0.15) is 5.26 Å². The molecule has 1 aromatic heterocycles. The monoisotopic (exact) mass is 361 g/mol. The minimum atomic E-state index is -0.972. The van der Waals surface area contributed by atoms with E-state index in [1.807, 2.05) is 0 Å². The molecule has 2 aromatic rings. The molecule has 25 heavy (non-hydrogen) atoms. The molecule has 0 spiro atoms. The third-order valence-electron chi connectivity index (χ3n) is 4.02. The fraction of sp³-hybridized carbons (Fsp3) is 0.235. The summed E-state index contributed by atoms with van der Waals surface area (Å²) in [5.41, 5.74) is 0.834.